The molecule has 3 nitrogen and oxygen atoms in total. The molecule has 2 rings (SSSR count). The average Bonchev–Trinajstić information content (AvgIpc) is 2.65. The number of nitrogens with one attached hydrogen (secondary N) is 1. The number of hydrogen-bond acceptors (Lipinski definition) is 2. The fraction of sp³-hybridized carbons (Fsp3) is 0.417. The number of carbonyl (C=O) groups is 1. The van der Waals surface area contributed by atoms with Gasteiger partial charge in [0.25, 0.3) is 5.91 Å². The lowest BCUT2D eigenvalue weighted by Crippen LogP contribution is -2.34. The molecule has 0 unspecified atom stereocenters. The van der Waals surface area contributed by atoms with Crippen LogP contribution in [0.3, 0.4) is 0 Å². The van der Waals surface area contributed by atoms with Gasteiger partial charge in [-0.15, -0.1) is 0 Å². The Kier molecular flexibility index (Phi) is 3.19. The highest BCUT2D eigenvalue weighted by Gasteiger charge is 2.23. The van der Waals surface area contributed by atoms with Crippen LogP contribution in [0.25, 0.3) is 0 Å². The number of nitrogens with two attached hydrogens (primary N) is 1. The van der Waals surface area contributed by atoms with Crippen molar-refractivity contribution in [2.75, 3.05) is 0 Å². The van der Waals surface area contributed by atoms with Gasteiger partial charge in [-0.3, -0.25) is 4.79 Å². The summed E-state index contributed by atoms with van der Waals surface area (Å²) < 4.78 is 12.7. The van der Waals surface area contributed by atoms with Crippen molar-refractivity contribution in [3.63, 3.8) is 0 Å². The van der Waals surface area contributed by atoms with E-state index in [0.717, 1.165) is 19.3 Å². The lowest BCUT2D eigenvalue weighted by atomic mass is 10.2. The topological polar surface area (TPSA) is 55.1 Å². The predicted molar refractivity (Wildman–Crippen MR) is 59.5 cm³/mol. The first-order valence-corrected chi connectivity index (χ1v) is 5.47. The van der Waals surface area contributed by atoms with Gasteiger partial charge in [-0.25, -0.2) is 4.39 Å². The SMILES string of the molecule is N[C@@H]1CC[C@H](NC(=O)c2ccc(F)cc2)C1. The second kappa shape index (κ2) is 4.61. The van der Waals surface area contributed by atoms with Crippen LogP contribution in [-0.4, -0.2) is 18.0 Å². The zero-order valence-corrected chi connectivity index (χ0v) is 8.95. The van der Waals surface area contributed by atoms with E-state index in [1.807, 2.05) is 0 Å². The maximum absolute atomic E-state index is 12.7. The van der Waals surface area contributed by atoms with Crippen molar-refractivity contribution >= 4 is 5.91 Å². The first-order valence-electron chi connectivity index (χ1n) is 5.47. The number of benzene rings is 1. The van der Waals surface area contributed by atoms with Crippen LogP contribution in [0, 0.1) is 5.82 Å². The summed E-state index contributed by atoms with van der Waals surface area (Å²) in [4.78, 5) is 11.7. The number of rotatable bonds is 2. The molecule has 1 aromatic carbocycles. The van der Waals surface area contributed by atoms with E-state index in [4.69, 9.17) is 5.73 Å². The van der Waals surface area contributed by atoms with Crippen molar-refractivity contribution in [2.45, 2.75) is 31.3 Å². The summed E-state index contributed by atoms with van der Waals surface area (Å²) in [5.41, 5.74) is 6.25. The fourth-order valence-electron chi connectivity index (χ4n) is 2.02. The highest BCUT2D eigenvalue weighted by atomic mass is 19.1. The Balaban J connectivity index is 1.95. The minimum absolute atomic E-state index is 0.154. The normalized spacial score (nSPS) is 24.4. The number of halogens is 1. The molecule has 16 heavy (non-hydrogen) atoms. The molecule has 0 aliphatic heterocycles. The molecule has 1 saturated carbocycles. The Bertz CT molecular complexity index is 377. The number of carbonyl (C=O) groups excluding carboxylic acids is 1. The molecule has 1 amide bonds. The molecular formula is C12H15FN2O. The summed E-state index contributed by atoms with van der Waals surface area (Å²) in [5.74, 6) is -0.487. The molecule has 4 heteroatoms. The summed E-state index contributed by atoms with van der Waals surface area (Å²) >= 11 is 0. The molecule has 0 radical (unpaired) electrons. The minimum atomic E-state index is -0.334. The highest BCUT2D eigenvalue weighted by Crippen LogP contribution is 2.17. The summed E-state index contributed by atoms with van der Waals surface area (Å²) in [7, 11) is 0. The van der Waals surface area contributed by atoms with E-state index in [1.165, 1.54) is 24.3 Å². The van der Waals surface area contributed by atoms with Crippen LogP contribution in [0.2, 0.25) is 0 Å². The van der Waals surface area contributed by atoms with E-state index in [1.54, 1.807) is 0 Å². The van der Waals surface area contributed by atoms with E-state index in [-0.39, 0.29) is 23.8 Å². The summed E-state index contributed by atoms with van der Waals surface area (Å²) in [6.07, 6.45) is 2.70. The Labute approximate surface area is 93.8 Å². The summed E-state index contributed by atoms with van der Waals surface area (Å²) in [5, 5.41) is 2.90. The zero-order valence-electron chi connectivity index (χ0n) is 8.95. The van der Waals surface area contributed by atoms with Gasteiger partial charge in [0.2, 0.25) is 0 Å². The van der Waals surface area contributed by atoms with Crippen LogP contribution in [0.5, 0.6) is 0 Å². The molecule has 86 valence electrons. The molecule has 0 spiro atoms. The third-order valence-corrected chi connectivity index (χ3v) is 2.91. The molecular weight excluding hydrogens is 207 g/mol. The highest BCUT2D eigenvalue weighted by molar-refractivity contribution is 5.94. The average molecular weight is 222 g/mol. The lowest BCUT2D eigenvalue weighted by molar-refractivity contribution is 0.0937. The Morgan fingerprint density at radius 1 is 1.31 bits per heavy atom. The monoisotopic (exact) mass is 222 g/mol. The molecule has 1 fully saturated rings. The van der Waals surface area contributed by atoms with Crippen molar-refractivity contribution in [1.82, 2.24) is 5.32 Å². The van der Waals surface area contributed by atoms with Gasteiger partial charge in [-0.1, -0.05) is 0 Å². The Morgan fingerprint density at radius 2 is 2.00 bits per heavy atom. The smallest absolute Gasteiger partial charge is 0.251 e. The molecule has 0 saturated heterocycles. The van der Waals surface area contributed by atoms with E-state index in [0.29, 0.717) is 5.56 Å². The van der Waals surface area contributed by atoms with Crippen LogP contribution >= 0.6 is 0 Å². The van der Waals surface area contributed by atoms with Gasteiger partial charge in [0.05, 0.1) is 0 Å². The van der Waals surface area contributed by atoms with Gasteiger partial charge < -0.3 is 11.1 Å². The van der Waals surface area contributed by atoms with Gasteiger partial charge in [-0.05, 0) is 43.5 Å². The van der Waals surface area contributed by atoms with Crippen LogP contribution < -0.4 is 11.1 Å². The predicted octanol–water partition coefficient (Wildman–Crippen LogP) is 1.44. The first kappa shape index (κ1) is 11.1. The van der Waals surface area contributed by atoms with E-state index < -0.39 is 0 Å². The molecule has 0 heterocycles. The van der Waals surface area contributed by atoms with Crippen LogP contribution in [0.15, 0.2) is 24.3 Å². The van der Waals surface area contributed by atoms with E-state index in [9.17, 15) is 9.18 Å². The minimum Gasteiger partial charge on any atom is -0.349 e. The Hall–Kier alpha value is -1.42. The summed E-state index contributed by atoms with van der Waals surface area (Å²) in [6.45, 7) is 0. The molecule has 1 aromatic rings. The maximum atomic E-state index is 12.7. The van der Waals surface area contributed by atoms with Gasteiger partial charge in [0.1, 0.15) is 5.82 Å². The van der Waals surface area contributed by atoms with Crippen LogP contribution in [0.4, 0.5) is 4.39 Å². The number of amides is 1. The maximum Gasteiger partial charge on any atom is 0.251 e. The third-order valence-electron chi connectivity index (χ3n) is 2.91. The molecule has 2 atom stereocenters. The van der Waals surface area contributed by atoms with Crippen LogP contribution in [-0.2, 0) is 0 Å². The van der Waals surface area contributed by atoms with Crippen molar-refractivity contribution in [2.24, 2.45) is 5.73 Å². The molecule has 0 aromatic heterocycles. The van der Waals surface area contributed by atoms with Crippen LogP contribution in [0.1, 0.15) is 29.6 Å². The second-order valence-corrected chi connectivity index (χ2v) is 4.25. The van der Waals surface area contributed by atoms with Crippen molar-refractivity contribution in [3.8, 4) is 0 Å². The van der Waals surface area contributed by atoms with Crippen molar-refractivity contribution in [1.29, 1.82) is 0 Å². The third kappa shape index (κ3) is 2.58. The van der Waals surface area contributed by atoms with E-state index in [2.05, 4.69) is 5.32 Å². The zero-order chi connectivity index (χ0) is 11.5. The second-order valence-electron chi connectivity index (χ2n) is 4.25. The number of hydrogen-bond donors (Lipinski definition) is 2. The van der Waals surface area contributed by atoms with Gasteiger partial charge in [0.15, 0.2) is 0 Å². The van der Waals surface area contributed by atoms with Gasteiger partial charge in [0, 0.05) is 17.6 Å². The van der Waals surface area contributed by atoms with Gasteiger partial charge in [-0.2, -0.15) is 0 Å². The molecule has 1 aliphatic carbocycles. The fourth-order valence-corrected chi connectivity index (χ4v) is 2.02. The standard InChI is InChI=1S/C12H15FN2O/c13-9-3-1-8(2-4-9)12(16)15-11-6-5-10(14)7-11/h1-4,10-11H,5-7,14H2,(H,15,16)/t10-,11+/m1/s1. The first-order chi connectivity index (χ1) is 7.65. The van der Waals surface area contributed by atoms with Gasteiger partial charge >= 0.3 is 0 Å². The van der Waals surface area contributed by atoms with Crippen molar-refractivity contribution < 1.29 is 9.18 Å². The largest absolute Gasteiger partial charge is 0.349 e. The molecule has 3 N–H and O–H groups in total. The summed E-state index contributed by atoms with van der Waals surface area (Å²) in [6, 6.07) is 5.90. The van der Waals surface area contributed by atoms with E-state index >= 15 is 0 Å². The lowest BCUT2D eigenvalue weighted by Gasteiger charge is -2.12. The Morgan fingerprint density at radius 3 is 2.56 bits per heavy atom. The molecule has 0 bridgehead atoms. The van der Waals surface area contributed by atoms with Crippen molar-refractivity contribution in [3.05, 3.63) is 35.6 Å². The molecule has 1 aliphatic rings. The quantitative estimate of drug-likeness (QED) is 0.795.